The summed E-state index contributed by atoms with van der Waals surface area (Å²) in [6.07, 6.45) is 0. The zero-order valence-corrected chi connectivity index (χ0v) is 12.9. The minimum Gasteiger partial charge on any atom is -0.482 e. The molecule has 0 fully saturated rings. The van der Waals surface area contributed by atoms with Crippen molar-refractivity contribution in [1.82, 2.24) is 0 Å². The van der Waals surface area contributed by atoms with Gasteiger partial charge in [0.2, 0.25) is 0 Å². The van der Waals surface area contributed by atoms with E-state index >= 15 is 0 Å². The Morgan fingerprint density at radius 1 is 0.960 bits per heavy atom. The van der Waals surface area contributed by atoms with Crippen molar-refractivity contribution in [2.45, 2.75) is 6.92 Å². The summed E-state index contributed by atoms with van der Waals surface area (Å²) in [5.74, 6) is -5.40. The monoisotopic (exact) mass is 356 g/mol. The number of hydrogen-bond acceptors (Lipinski definition) is 5. The van der Waals surface area contributed by atoms with Gasteiger partial charge in [-0.1, -0.05) is 6.07 Å². The first-order chi connectivity index (χ1) is 11.9. The number of esters is 1. The lowest BCUT2D eigenvalue weighted by molar-refractivity contribution is -0.145. The average Bonchev–Trinajstić information content (AvgIpc) is 2.54. The molecule has 0 saturated heterocycles. The largest absolute Gasteiger partial charge is 0.482 e. The van der Waals surface area contributed by atoms with Crippen LogP contribution in [0, 0.1) is 23.3 Å². The fourth-order valence-electron chi connectivity index (χ4n) is 1.75. The molecule has 0 unspecified atom stereocenters. The third kappa shape index (κ3) is 4.75. The summed E-state index contributed by atoms with van der Waals surface area (Å²) >= 11 is 0. The number of halogens is 4. The van der Waals surface area contributed by atoms with Crippen LogP contribution in [-0.4, -0.2) is 19.2 Å². The van der Waals surface area contributed by atoms with E-state index in [9.17, 15) is 22.4 Å². The van der Waals surface area contributed by atoms with Gasteiger partial charge in [-0.2, -0.15) is 0 Å². The zero-order valence-electron chi connectivity index (χ0n) is 12.9. The van der Waals surface area contributed by atoms with Gasteiger partial charge in [0.15, 0.2) is 41.3 Å². The quantitative estimate of drug-likeness (QED) is 0.432. The lowest BCUT2D eigenvalue weighted by Gasteiger charge is -2.07. The summed E-state index contributed by atoms with van der Waals surface area (Å²) in [4.78, 5) is 11.1. The Bertz CT molecular complexity index is 769. The number of hydrogen-bond donors (Lipinski definition) is 0. The Labute approximate surface area is 139 Å². The minimum atomic E-state index is -1.18. The molecule has 25 heavy (non-hydrogen) atoms. The maximum atomic E-state index is 13.9. The highest BCUT2D eigenvalue weighted by Crippen LogP contribution is 2.30. The zero-order chi connectivity index (χ0) is 18.4. The number of carbonyl (C=O) groups excluding carboxylic acids is 1. The van der Waals surface area contributed by atoms with Crippen molar-refractivity contribution >= 4 is 17.3 Å². The van der Waals surface area contributed by atoms with E-state index in [2.05, 4.69) is 15.0 Å². The predicted octanol–water partition coefficient (Wildman–Crippen LogP) is 4.60. The predicted molar refractivity (Wildman–Crippen MR) is 79.0 cm³/mol. The molecule has 0 N–H and O–H groups in total. The topological polar surface area (TPSA) is 60.2 Å². The summed E-state index contributed by atoms with van der Waals surface area (Å²) in [5, 5.41) is 6.42. The summed E-state index contributed by atoms with van der Waals surface area (Å²) in [7, 11) is 0. The fourth-order valence-corrected chi connectivity index (χ4v) is 1.75. The van der Waals surface area contributed by atoms with E-state index in [0.29, 0.717) is 0 Å². The van der Waals surface area contributed by atoms with Gasteiger partial charge in [-0.05, 0) is 19.1 Å². The normalized spacial score (nSPS) is 10.9. The molecule has 0 radical (unpaired) electrons. The van der Waals surface area contributed by atoms with Gasteiger partial charge in [0.25, 0.3) is 0 Å². The Kier molecular flexibility index (Phi) is 6.04. The van der Waals surface area contributed by atoms with Crippen LogP contribution in [0.2, 0.25) is 0 Å². The van der Waals surface area contributed by atoms with Crippen LogP contribution in [0.3, 0.4) is 0 Å². The van der Waals surface area contributed by atoms with E-state index in [-0.39, 0.29) is 12.4 Å². The van der Waals surface area contributed by atoms with Gasteiger partial charge in [0, 0.05) is 12.1 Å². The molecular formula is C16H12F4N2O3. The van der Waals surface area contributed by atoms with E-state index in [0.717, 1.165) is 30.3 Å². The summed E-state index contributed by atoms with van der Waals surface area (Å²) in [6, 6.07) is 4.48. The standard InChI is InChI=1S/C16H12F4N2O3/c1-2-24-14(23)8-25-9-6-12(19)16(13(20)7-9)22-21-15-10(17)4-3-5-11(15)18/h3-7H,2,8H2,1H3. The van der Waals surface area contributed by atoms with Crippen LogP contribution in [0.15, 0.2) is 40.6 Å². The van der Waals surface area contributed by atoms with Crippen LogP contribution in [0.4, 0.5) is 28.9 Å². The molecule has 9 heteroatoms. The van der Waals surface area contributed by atoms with Gasteiger partial charge in [-0.3, -0.25) is 0 Å². The van der Waals surface area contributed by atoms with Crippen molar-refractivity contribution in [1.29, 1.82) is 0 Å². The molecule has 0 spiro atoms. The first-order valence-corrected chi connectivity index (χ1v) is 7.05. The van der Waals surface area contributed by atoms with Crippen molar-refractivity contribution in [3.05, 3.63) is 53.6 Å². The molecule has 0 aliphatic heterocycles. The van der Waals surface area contributed by atoms with Gasteiger partial charge in [0.05, 0.1) is 6.61 Å². The second-order valence-electron chi connectivity index (χ2n) is 4.60. The van der Waals surface area contributed by atoms with Crippen LogP contribution in [-0.2, 0) is 9.53 Å². The molecule has 132 valence electrons. The van der Waals surface area contributed by atoms with Gasteiger partial charge in [0.1, 0.15) is 5.75 Å². The van der Waals surface area contributed by atoms with Gasteiger partial charge < -0.3 is 9.47 Å². The Morgan fingerprint density at radius 3 is 2.00 bits per heavy atom. The lowest BCUT2D eigenvalue weighted by atomic mass is 10.3. The Balaban J connectivity index is 2.20. The molecule has 2 rings (SSSR count). The maximum absolute atomic E-state index is 13.9. The van der Waals surface area contributed by atoms with Crippen molar-refractivity contribution < 1.29 is 31.8 Å². The number of azo groups is 1. The van der Waals surface area contributed by atoms with Crippen molar-refractivity contribution in [2.24, 2.45) is 10.2 Å². The SMILES string of the molecule is CCOC(=O)COc1cc(F)c(N=Nc2c(F)cccc2F)c(F)c1. The molecule has 0 aromatic heterocycles. The van der Waals surface area contributed by atoms with Crippen LogP contribution >= 0.6 is 0 Å². The third-order valence-corrected chi connectivity index (χ3v) is 2.84. The second-order valence-corrected chi connectivity index (χ2v) is 4.60. The van der Waals surface area contributed by atoms with Crippen molar-refractivity contribution in [2.75, 3.05) is 13.2 Å². The smallest absolute Gasteiger partial charge is 0.344 e. The molecule has 0 bridgehead atoms. The molecule has 0 amide bonds. The summed E-state index contributed by atoms with van der Waals surface area (Å²) in [6.45, 7) is 1.19. The Hall–Kier alpha value is -2.97. The number of ether oxygens (including phenoxy) is 2. The van der Waals surface area contributed by atoms with Crippen LogP contribution in [0.5, 0.6) is 5.75 Å². The minimum absolute atomic E-state index is 0.136. The van der Waals surface area contributed by atoms with E-state index < -0.39 is 47.2 Å². The first-order valence-electron chi connectivity index (χ1n) is 7.05. The van der Waals surface area contributed by atoms with Gasteiger partial charge in [-0.15, -0.1) is 10.2 Å². The van der Waals surface area contributed by atoms with E-state index in [4.69, 9.17) is 4.74 Å². The van der Waals surface area contributed by atoms with E-state index in [1.807, 2.05) is 0 Å². The molecular weight excluding hydrogens is 344 g/mol. The average molecular weight is 356 g/mol. The molecule has 5 nitrogen and oxygen atoms in total. The van der Waals surface area contributed by atoms with Crippen LogP contribution in [0.1, 0.15) is 6.92 Å². The lowest BCUT2D eigenvalue weighted by Crippen LogP contribution is -2.14. The molecule has 2 aromatic carbocycles. The fraction of sp³-hybridized carbons (Fsp3) is 0.188. The molecule has 0 heterocycles. The highest BCUT2D eigenvalue weighted by molar-refractivity contribution is 5.71. The van der Waals surface area contributed by atoms with Gasteiger partial charge in [-0.25, -0.2) is 22.4 Å². The summed E-state index contributed by atoms with van der Waals surface area (Å²) in [5.41, 5.74) is -1.63. The number of rotatable bonds is 6. The van der Waals surface area contributed by atoms with E-state index in [1.165, 1.54) is 0 Å². The molecule has 0 saturated carbocycles. The number of carbonyl (C=O) groups is 1. The second kappa shape index (κ2) is 8.22. The third-order valence-electron chi connectivity index (χ3n) is 2.84. The van der Waals surface area contributed by atoms with E-state index in [1.54, 1.807) is 6.92 Å². The maximum Gasteiger partial charge on any atom is 0.344 e. The summed E-state index contributed by atoms with van der Waals surface area (Å²) < 4.78 is 64.1. The highest BCUT2D eigenvalue weighted by Gasteiger charge is 2.14. The number of benzene rings is 2. The van der Waals surface area contributed by atoms with Crippen molar-refractivity contribution in [3.63, 3.8) is 0 Å². The molecule has 0 aliphatic rings. The van der Waals surface area contributed by atoms with Gasteiger partial charge >= 0.3 is 5.97 Å². The first kappa shape index (κ1) is 18.4. The molecule has 0 aliphatic carbocycles. The highest BCUT2D eigenvalue weighted by atomic mass is 19.1. The Morgan fingerprint density at radius 2 is 1.48 bits per heavy atom. The van der Waals surface area contributed by atoms with Crippen molar-refractivity contribution in [3.8, 4) is 5.75 Å². The van der Waals surface area contributed by atoms with Crippen LogP contribution in [0.25, 0.3) is 0 Å². The molecule has 2 aromatic rings. The number of nitrogens with zero attached hydrogens (tertiary/aromatic N) is 2. The molecule has 0 atom stereocenters. The van der Waals surface area contributed by atoms with Crippen LogP contribution < -0.4 is 4.74 Å².